The predicted octanol–water partition coefficient (Wildman–Crippen LogP) is 5.04. The van der Waals surface area contributed by atoms with Crippen molar-refractivity contribution in [2.24, 2.45) is 0 Å². The van der Waals surface area contributed by atoms with Gasteiger partial charge in [0.25, 0.3) is 0 Å². The van der Waals surface area contributed by atoms with Gasteiger partial charge < -0.3 is 18.9 Å². The predicted molar refractivity (Wildman–Crippen MR) is 123 cm³/mol. The van der Waals surface area contributed by atoms with Crippen molar-refractivity contribution in [1.82, 2.24) is 4.90 Å². The first kappa shape index (κ1) is 20.6. The molecular weight excluding hydrogens is 426 g/mol. The number of hydrogen-bond donors (Lipinski definition) is 0. The molecule has 3 aromatic rings. The molecule has 0 radical (unpaired) electrons. The van der Waals surface area contributed by atoms with E-state index in [2.05, 4.69) is 22.4 Å². The minimum absolute atomic E-state index is 0.129. The first-order chi connectivity index (χ1) is 15.6. The summed E-state index contributed by atoms with van der Waals surface area (Å²) in [4.78, 5) is 16.7. The van der Waals surface area contributed by atoms with Crippen LogP contribution in [-0.4, -0.2) is 31.6 Å². The average molecular weight is 450 g/mol. The van der Waals surface area contributed by atoms with Gasteiger partial charge >= 0.3 is 0 Å². The molecule has 0 amide bonds. The van der Waals surface area contributed by atoms with E-state index < -0.39 is 0 Å². The third-order valence-corrected chi connectivity index (χ3v) is 6.53. The summed E-state index contributed by atoms with van der Waals surface area (Å²) in [5.74, 6) is 2.77. The molecule has 6 nitrogen and oxygen atoms in total. The van der Waals surface area contributed by atoms with E-state index in [1.54, 1.807) is 37.7 Å². The Balaban J connectivity index is 1.43. The minimum Gasteiger partial charge on any atom is -0.493 e. The maximum atomic E-state index is 13.2. The molecule has 0 aliphatic carbocycles. The molecule has 164 valence electrons. The molecular formula is C25H23NO5S. The Morgan fingerprint density at radius 1 is 1.12 bits per heavy atom. The number of ketones is 1. The zero-order valence-electron chi connectivity index (χ0n) is 18.1. The van der Waals surface area contributed by atoms with Gasteiger partial charge in [0.05, 0.1) is 19.8 Å². The number of rotatable bonds is 5. The molecule has 0 unspecified atom stereocenters. The van der Waals surface area contributed by atoms with E-state index in [0.29, 0.717) is 29.5 Å². The van der Waals surface area contributed by atoms with Gasteiger partial charge in [0.2, 0.25) is 5.78 Å². The van der Waals surface area contributed by atoms with Crippen LogP contribution in [0.15, 0.2) is 47.5 Å². The van der Waals surface area contributed by atoms with Crippen LogP contribution in [0.4, 0.5) is 0 Å². The topological polar surface area (TPSA) is 57.2 Å². The fourth-order valence-electron chi connectivity index (χ4n) is 4.11. The minimum atomic E-state index is -0.129. The first-order valence-corrected chi connectivity index (χ1v) is 11.2. The van der Waals surface area contributed by atoms with Crippen molar-refractivity contribution in [3.8, 4) is 23.0 Å². The van der Waals surface area contributed by atoms with Gasteiger partial charge in [-0.2, -0.15) is 0 Å². The number of benzene rings is 2. The summed E-state index contributed by atoms with van der Waals surface area (Å²) in [6, 6.07) is 11.6. The molecule has 5 rings (SSSR count). The van der Waals surface area contributed by atoms with E-state index in [4.69, 9.17) is 18.9 Å². The second kappa shape index (κ2) is 8.33. The Labute approximate surface area is 190 Å². The summed E-state index contributed by atoms with van der Waals surface area (Å²) in [5, 5.41) is 2.08. The fourth-order valence-corrected chi connectivity index (χ4v) is 4.86. The highest BCUT2D eigenvalue weighted by molar-refractivity contribution is 7.09. The number of nitrogens with zero attached hydrogens (tertiary/aromatic N) is 1. The lowest BCUT2D eigenvalue weighted by molar-refractivity contribution is 0.0886. The van der Waals surface area contributed by atoms with E-state index >= 15 is 0 Å². The fraction of sp³-hybridized carbons (Fsp3) is 0.240. The molecule has 32 heavy (non-hydrogen) atoms. The zero-order valence-corrected chi connectivity index (χ0v) is 19.0. The van der Waals surface area contributed by atoms with Crippen molar-refractivity contribution >= 4 is 23.2 Å². The van der Waals surface area contributed by atoms with Gasteiger partial charge in [0.1, 0.15) is 18.2 Å². The van der Waals surface area contributed by atoms with Crippen molar-refractivity contribution in [2.45, 2.75) is 20.0 Å². The van der Waals surface area contributed by atoms with Crippen LogP contribution in [0, 0.1) is 6.92 Å². The summed E-state index contributed by atoms with van der Waals surface area (Å²) in [6.07, 6.45) is 1.73. The van der Waals surface area contributed by atoms with Crippen molar-refractivity contribution < 1.29 is 23.7 Å². The third-order valence-electron chi connectivity index (χ3n) is 5.67. The Morgan fingerprint density at radius 3 is 2.72 bits per heavy atom. The maximum Gasteiger partial charge on any atom is 0.231 e. The molecule has 0 bridgehead atoms. The number of fused-ring (bicyclic) bond motifs is 2. The standard InChI is InChI=1S/C25H23NO5S/c1-15-24-17(12-26(14-30-24)13-18-5-4-8-32-18)11-19-23(27)22(31-25(15)19)10-16-6-7-20(28-2)21(9-16)29-3/h4-11H,12-14H2,1-3H3/b22-10-. The summed E-state index contributed by atoms with van der Waals surface area (Å²) >= 11 is 1.73. The molecule has 3 heterocycles. The molecule has 2 aliphatic heterocycles. The van der Waals surface area contributed by atoms with E-state index in [-0.39, 0.29) is 11.5 Å². The van der Waals surface area contributed by atoms with E-state index in [0.717, 1.165) is 35.5 Å². The number of ether oxygens (including phenoxy) is 4. The van der Waals surface area contributed by atoms with Crippen LogP contribution in [0.3, 0.4) is 0 Å². The Bertz CT molecular complexity index is 1220. The van der Waals surface area contributed by atoms with Gasteiger partial charge in [0, 0.05) is 29.1 Å². The van der Waals surface area contributed by atoms with Gasteiger partial charge in [-0.3, -0.25) is 9.69 Å². The van der Waals surface area contributed by atoms with E-state index in [9.17, 15) is 4.79 Å². The summed E-state index contributed by atoms with van der Waals surface area (Å²) in [6.45, 7) is 4.00. The number of thiophene rings is 1. The summed E-state index contributed by atoms with van der Waals surface area (Å²) in [5.41, 5.74) is 3.24. The van der Waals surface area contributed by atoms with Gasteiger partial charge in [-0.05, 0) is 48.2 Å². The molecule has 0 saturated carbocycles. The van der Waals surface area contributed by atoms with Gasteiger partial charge in [-0.1, -0.05) is 12.1 Å². The second-order valence-electron chi connectivity index (χ2n) is 7.76. The molecule has 1 aromatic heterocycles. The molecule has 0 atom stereocenters. The largest absolute Gasteiger partial charge is 0.493 e. The van der Waals surface area contributed by atoms with Crippen molar-refractivity contribution in [3.05, 3.63) is 74.7 Å². The molecule has 7 heteroatoms. The highest BCUT2D eigenvalue weighted by atomic mass is 32.1. The Kier molecular flexibility index (Phi) is 5.36. The van der Waals surface area contributed by atoms with Crippen molar-refractivity contribution in [3.63, 3.8) is 0 Å². The SMILES string of the molecule is COc1ccc(/C=C2\Oc3c(cc4c(c3C)OCN(Cc3cccs3)C4)C2=O)cc1OC. The van der Waals surface area contributed by atoms with Crippen LogP contribution in [0.25, 0.3) is 6.08 Å². The van der Waals surface area contributed by atoms with Gasteiger partial charge in [0.15, 0.2) is 17.3 Å². The number of Topliss-reactive ketones (excluding diaryl/α,β-unsaturated/α-hetero) is 1. The van der Waals surface area contributed by atoms with Crippen LogP contribution < -0.4 is 18.9 Å². The van der Waals surface area contributed by atoms with Crippen molar-refractivity contribution in [2.75, 3.05) is 21.0 Å². The molecule has 0 saturated heterocycles. The number of allylic oxidation sites excluding steroid dienone is 1. The van der Waals surface area contributed by atoms with Crippen LogP contribution >= 0.6 is 11.3 Å². The number of hydrogen-bond acceptors (Lipinski definition) is 7. The highest BCUT2D eigenvalue weighted by Crippen LogP contribution is 2.43. The quantitative estimate of drug-likeness (QED) is 0.509. The zero-order chi connectivity index (χ0) is 22.2. The van der Waals surface area contributed by atoms with Crippen molar-refractivity contribution in [1.29, 1.82) is 0 Å². The lowest BCUT2D eigenvalue weighted by Crippen LogP contribution is -2.31. The lowest BCUT2D eigenvalue weighted by atomic mass is 10.00. The molecule has 2 aromatic carbocycles. The second-order valence-corrected chi connectivity index (χ2v) is 8.79. The molecule has 2 aliphatic rings. The lowest BCUT2D eigenvalue weighted by Gasteiger charge is -2.30. The maximum absolute atomic E-state index is 13.2. The third kappa shape index (κ3) is 3.63. The number of carbonyl (C=O) groups excluding carboxylic acids is 1. The molecule has 0 N–H and O–H groups in total. The van der Waals surface area contributed by atoms with E-state index in [1.807, 2.05) is 25.1 Å². The molecule has 0 spiro atoms. The van der Waals surface area contributed by atoms with Crippen LogP contribution in [0.5, 0.6) is 23.0 Å². The van der Waals surface area contributed by atoms with Gasteiger partial charge in [-0.15, -0.1) is 11.3 Å². The normalized spacial score (nSPS) is 16.3. The number of methoxy groups -OCH3 is 2. The highest BCUT2D eigenvalue weighted by Gasteiger charge is 2.33. The van der Waals surface area contributed by atoms with E-state index in [1.165, 1.54) is 4.88 Å². The van der Waals surface area contributed by atoms with Crippen LogP contribution in [0.2, 0.25) is 0 Å². The monoisotopic (exact) mass is 449 g/mol. The first-order valence-electron chi connectivity index (χ1n) is 10.3. The summed E-state index contributed by atoms with van der Waals surface area (Å²) in [7, 11) is 3.17. The average Bonchev–Trinajstić information content (AvgIpc) is 3.42. The Morgan fingerprint density at radius 2 is 1.97 bits per heavy atom. The Hall–Kier alpha value is -3.29. The van der Waals surface area contributed by atoms with Gasteiger partial charge in [-0.25, -0.2) is 0 Å². The molecule has 0 fully saturated rings. The summed E-state index contributed by atoms with van der Waals surface area (Å²) < 4.78 is 22.7. The van der Waals surface area contributed by atoms with Crippen LogP contribution in [0.1, 0.15) is 31.9 Å². The number of carbonyl (C=O) groups is 1. The van der Waals surface area contributed by atoms with Crippen LogP contribution in [-0.2, 0) is 13.1 Å². The smallest absolute Gasteiger partial charge is 0.231 e.